The van der Waals surface area contributed by atoms with E-state index in [1.54, 1.807) is 5.38 Å². The maximum Gasteiger partial charge on any atom is 0.271 e. The Labute approximate surface area is 162 Å². The van der Waals surface area contributed by atoms with Crippen LogP contribution < -0.4 is 20.1 Å². The van der Waals surface area contributed by atoms with Crippen molar-refractivity contribution in [1.82, 2.24) is 15.6 Å². The number of thiazole rings is 1. The highest BCUT2D eigenvalue weighted by molar-refractivity contribution is 7.09. The third-order valence-corrected chi connectivity index (χ3v) is 5.14. The Kier molecular flexibility index (Phi) is 5.95. The van der Waals surface area contributed by atoms with Crippen LogP contribution in [0.1, 0.15) is 54.3 Å². The van der Waals surface area contributed by atoms with Crippen LogP contribution in [0.3, 0.4) is 0 Å². The minimum absolute atomic E-state index is 0.0299. The normalized spacial score (nSPS) is 13.5. The zero-order chi connectivity index (χ0) is 19.4. The van der Waals surface area contributed by atoms with E-state index in [0.29, 0.717) is 30.2 Å². The van der Waals surface area contributed by atoms with Crippen LogP contribution in [0.15, 0.2) is 23.6 Å². The van der Waals surface area contributed by atoms with Crippen molar-refractivity contribution in [3.8, 4) is 11.5 Å². The Morgan fingerprint density at radius 2 is 2.04 bits per heavy atom. The van der Waals surface area contributed by atoms with Crippen LogP contribution in [0.2, 0.25) is 0 Å². The summed E-state index contributed by atoms with van der Waals surface area (Å²) in [7, 11) is 0. The van der Waals surface area contributed by atoms with E-state index in [-0.39, 0.29) is 30.6 Å². The first-order valence-electron chi connectivity index (χ1n) is 8.89. The highest BCUT2D eigenvalue weighted by atomic mass is 32.1. The number of hydrogen-bond donors (Lipinski definition) is 2. The van der Waals surface area contributed by atoms with Gasteiger partial charge in [0.25, 0.3) is 5.91 Å². The quantitative estimate of drug-likeness (QED) is 0.760. The topological polar surface area (TPSA) is 89.6 Å². The summed E-state index contributed by atoms with van der Waals surface area (Å²) in [5.41, 5.74) is 1.27. The predicted molar refractivity (Wildman–Crippen MR) is 102 cm³/mol. The molecule has 0 saturated heterocycles. The number of ether oxygens (including phenoxy) is 2. The number of nitrogens with zero attached hydrogens (tertiary/aromatic N) is 1. The third-order valence-electron chi connectivity index (χ3n) is 4.21. The Morgan fingerprint density at radius 3 is 2.78 bits per heavy atom. The molecule has 2 amide bonds. The van der Waals surface area contributed by atoms with Crippen molar-refractivity contribution in [2.24, 2.45) is 5.92 Å². The van der Waals surface area contributed by atoms with Gasteiger partial charge in [-0.15, -0.1) is 11.3 Å². The predicted octanol–water partition coefficient (Wildman–Crippen LogP) is 3.03. The van der Waals surface area contributed by atoms with Gasteiger partial charge in [-0.2, -0.15) is 0 Å². The van der Waals surface area contributed by atoms with Crippen LogP contribution in [0.25, 0.3) is 0 Å². The number of hydrogen-bond acceptors (Lipinski definition) is 6. The molecular formula is C19H23N3O4S. The van der Waals surface area contributed by atoms with Gasteiger partial charge < -0.3 is 20.1 Å². The molecule has 0 unspecified atom stereocenters. The van der Waals surface area contributed by atoms with Gasteiger partial charge in [-0.3, -0.25) is 9.59 Å². The maximum absolute atomic E-state index is 12.4. The molecule has 0 radical (unpaired) electrons. The molecule has 3 rings (SSSR count). The second-order valence-corrected chi connectivity index (χ2v) is 7.47. The first-order valence-corrected chi connectivity index (χ1v) is 9.77. The van der Waals surface area contributed by atoms with Gasteiger partial charge in [0, 0.05) is 18.3 Å². The zero-order valence-electron chi connectivity index (χ0n) is 15.6. The number of aromatic nitrogens is 1. The van der Waals surface area contributed by atoms with Crippen LogP contribution in [0.4, 0.5) is 0 Å². The van der Waals surface area contributed by atoms with Gasteiger partial charge in [0.15, 0.2) is 11.5 Å². The molecule has 2 heterocycles. The van der Waals surface area contributed by atoms with Gasteiger partial charge in [-0.1, -0.05) is 26.8 Å². The molecule has 2 N–H and O–H groups in total. The Bertz CT molecular complexity index is 834. The Hall–Kier alpha value is -2.61. The number of carbonyl (C=O) groups excluding carboxylic acids is 2. The lowest BCUT2D eigenvalue weighted by molar-refractivity contribution is -0.121. The fraction of sp³-hybridized carbons (Fsp3) is 0.421. The summed E-state index contributed by atoms with van der Waals surface area (Å²) in [6.07, 6.45) is 0.414. The van der Waals surface area contributed by atoms with Crippen molar-refractivity contribution in [2.45, 2.75) is 39.8 Å². The molecule has 0 fully saturated rings. The van der Waals surface area contributed by atoms with Crippen LogP contribution >= 0.6 is 11.3 Å². The number of rotatable bonds is 7. The summed E-state index contributed by atoms with van der Waals surface area (Å²) >= 11 is 1.38. The van der Waals surface area contributed by atoms with Crippen molar-refractivity contribution in [1.29, 1.82) is 0 Å². The van der Waals surface area contributed by atoms with Gasteiger partial charge in [-0.25, -0.2) is 4.98 Å². The van der Waals surface area contributed by atoms with E-state index >= 15 is 0 Å². The summed E-state index contributed by atoms with van der Waals surface area (Å²) in [6.45, 7) is 6.42. The molecular weight excluding hydrogens is 366 g/mol. The first kappa shape index (κ1) is 19.2. The molecule has 8 heteroatoms. The number of amides is 2. The molecule has 2 aromatic rings. The second-order valence-electron chi connectivity index (χ2n) is 6.58. The van der Waals surface area contributed by atoms with Crippen molar-refractivity contribution < 1.29 is 19.1 Å². The summed E-state index contributed by atoms with van der Waals surface area (Å²) in [5.74, 6) is 1.29. The molecule has 1 aliphatic heterocycles. The van der Waals surface area contributed by atoms with Gasteiger partial charge in [0.2, 0.25) is 12.7 Å². The summed E-state index contributed by atoms with van der Waals surface area (Å²) in [4.78, 5) is 28.6. The molecule has 0 aliphatic carbocycles. The van der Waals surface area contributed by atoms with Crippen molar-refractivity contribution in [3.05, 3.63) is 39.8 Å². The van der Waals surface area contributed by atoms with E-state index in [1.165, 1.54) is 11.3 Å². The van der Waals surface area contributed by atoms with E-state index in [4.69, 9.17) is 9.47 Å². The fourth-order valence-electron chi connectivity index (χ4n) is 2.65. The van der Waals surface area contributed by atoms with Crippen molar-refractivity contribution in [2.75, 3.05) is 6.79 Å². The van der Waals surface area contributed by atoms with Crippen LogP contribution in [-0.2, 0) is 11.3 Å². The standard InChI is InChI=1S/C19H23N3O4S/c1-4-16(23)22-17(11(2)3)19-21-13(9-27-19)18(24)20-8-12-5-6-14-15(7-12)26-10-25-14/h5-7,9,11,17H,4,8,10H2,1-3H3,(H,20,24)(H,22,23)/t17-/m0/s1. The zero-order valence-corrected chi connectivity index (χ0v) is 16.4. The molecule has 0 saturated carbocycles. The maximum atomic E-state index is 12.4. The molecule has 1 aliphatic rings. The van der Waals surface area contributed by atoms with Crippen molar-refractivity contribution >= 4 is 23.2 Å². The van der Waals surface area contributed by atoms with E-state index < -0.39 is 0 Å². The van der Waals surface area contributed by atoms with E-state index in [1.807, 2.05) is 39.0 Å². The Balaban J connectivity index is 1.63. The molecule has 7 nitrogen and oxygen atoms in total. The highest BCUT2D eigenvalue weighted by Gasteiger charge is 2.22. The van der Waals surface area contributed by atoms with Gasteiger partial charge in [-0.05, 0) is 23.6 Å². The SMILES string of the molecule is CCC(=O)N[C@H](c1nc(C(=O)NCc2ccc3c(c2)OCO3)cs1)C(C)C. The molecule has 27 heavy (non-hydrogen) atoms. The lowest BCUT2D eigenvalue weighted by Crippen LogP contribution is -2.31. The number of fused-ring (bicyclic) bond motifs is 1. The summed E-state index contributed by atoms with van der Waals surface area (Å²) < 4.78 is 10.6. The third kappa shape index (κ3) is 4.57. The highest BCUT2D eigenvalue weighted by Crippen LogP contribution is 2.32. The lowest BCUT2D eigenvalue weighted by atomic mass is 10.1. The van der Waals surface area contributed by atoms with Gasteiger partial charge in [0.05, 0.1) is 6.04 Å². The molecule has 0 spiro atoms. The van der Waals surface area contributed by atoms with E-state index in [9.17, 15) is 9.59 Å². The first-order chi connectivity index (χ1) is 13.0. The molecule has 0 bridgehead atoms. The van der Waals surface area contributed by atoms with Gasteiger partial charge in [0.1, 0.15) is 10.7 Å². The van der Waals surface area contributed by atoms with E-state index in [0.717, 1.165) is 10.6 Å². The minimum atomic E-state index is -0.250. The second kappa shape index (κ2) is 8.39. The molecule has 1 atom stereocenters. The largest absolute Gasteiger partial charge is 0.454 e. The van der Waals surface area contributed by atoms with Crippen LogP contribution in [0, 0.1) is 5.92 Å². The molecule has 144 valence electrons. The van der Waals surface area contributed by atoms with Gasteiger partial charge >= 0.3 is 0 Å². The van der Waals surface area contributed by atoms with Crippen LogP contribution in [-0.4, -0.2) is 23.6 Å². The number of carbonyl (C=O) groups is 2. The van der Waals surface area contributed by atoms with E-state index in [2.05, 4.69) is 15.6 Å². The molecule has 1 aromatic heterocycles. The molecule has 1 aromatic carbocycles. The minimum Gasteiger partial charge on any atom is -0.454 e. The van der Waals surface area contributed by atoms with Crippen molar-refractivity contribution in [3.63, 3.8) is 0 Å². The van der Waals surface area contributed by atoms with Crippen LogP contribution in [0.5, 0.6) is 11.5 Å². The smallest absolute Gasteiger partial charge is 0.271 e. The fourth-order valence-corrected chi connectivity index (χ4v) is 3.67. The number of nitrogens with one attached hydrogen (secondary N) is 2. The summed E-state index contributed by atoms with van der Waals surface area (Å²) in [5, 5.41) is 8.29. The monoisotopic (exact) mass is 389 g/mol. The number of benzene rings is 1. The summed E-state index contributed by atoms with van der Waals surface area (Å²) in [6, 6.07) is 5.37. The average Bonchev–Trinajstić information content (AvgIpc) is 3.32. The average molecular weight is 389 g/mol. The Morgan fingerprint density at radius 1 is 1.26 bits per heavy atom. The lowest BCUT2D eigenvalue weighted by Gasteiger charge is -2.19.